The van der Waals surface area contributed by atoms with E-state index >= 15 is 0 Å². The zero-order valence-corrected chi connectivity index (χ0v) is 15.4. The third-order valence-corrected chi connectivity index (χ3v) is 5.90. The largest absolute Gasteiger partial charge is 0.350 e. The highest BCUT2D eigenvalue weighted by Gasteiger charge is 2.32. The molecule has 2 aliphatic rings. The summed E-state index contributed by atoms with van der Waals surface area (Å²) in [5.41, 5.74) is 2.62. The molecule has 4 nitrogen and oxygen atoms in total. The Morgan fingerprint density at radius 2 is 2.04 bits per heavy atom. The maximum atomic E-state index is 12.5. The fraction of sp³-hybridized carbons (Fsp3) is 0.632. The van der Waals surface area contributed by atoms with E-state index in [0.29, 0.717) is 25.6 Å². The van der Waals surface area contributed by atoms with E-state index in [2.05, 4.69) is 32.0 Å². The van der Waals surface area contributed by atoms with Crippen LogP contribution in [0.1, 0.15) is 30.4 Å². The van der Waals surface area contributed by atoms with Crippen LogP contribution >= 0.6 is 11.8 Å². The van der Waals surface area contributed by atoms with E-state index in [1.54, 1.807) is 11.8 Å². The number of thioether (sulfide) groups is 1. The Morgan fingerprint density at radius 1 is 1.25 bits per heavy atom. The predicted molar refractivity (Wildman–Crippen MR) is 96.3 cm³/mol. The summed E-state index contributed by atoms with van der Waals surface area (Å²) >= 11 is 1.76. The van der Waals surface area contributed by atoms with Crippen molar-refractivity contribution in [3.8, 4) is 0 Å². The van der Waals surface area contributed by atoms with Gasteiger partial charge in [-0.2, -0.15) is 0 Å². The SMILES string of the molecule is Cc1ccc(SCCC(=O)N2CCCC(C3OCCO3)C2)cc1C. The highest BCUT2D eigenvalue weighted by molar-refractivity contribution is 7.99. The average Bonchev–Trinajstić information content (AvgIpc) is 3.13. The molecule has 0 spiro atoms. The monoisotopic (exact) mass is 349 g/mol. The maximum Gasteiger partial charge on any atom is 0.223 e. The molecule has 0 aliphatic carbocycles. The molecule has 1 unspecified atom stereocenters. The zero-order chi connectivity index (χ0) is 16.9. The van der Waals surface area contributed by atoms with Crippen molar-refractivity contribution in [1.29, 1.82) is 0 Å². The number of hydrogen-bond donors (Lipinski definition) is 0. The minimum Gasteiger partial charge on any atom is -0.350 e. The van der Waals surface area contributed by atoms with Crippen LogP contribution in [-0.2, 0) is 14.3 Å². The van der Waals surface area contributed by atoms with Gasteiger partial charge in [-0.25, -0.2) is 0 Å². The fourth-order valence-electron chi connectivity index (χ4n) is 3.33. The van der Waals surface area contributed by atoms with Gasteiger partial charge in [-0.3, -0.25) is 4.79 Å². The topological polar surface area (TPSA) is 38.8 Å². The van der Waals surface area contributed by atoms with Gasteiger partial charge in [0.1, 0.15) is 0 Å². The summed E-state index contributed by atoms with van der Waals surface area (Å²) < 4.78 is 11.2. The highest BCUT2D eigenvalue weighted by atomic mass is 32.2. The van der Waals surface area contributed by atoms with Crippen molar-refractivity contribution < 1.29 is 14.3 Å². The van der Waals surface area contributed by atoms with Gasteiger partial charge in [0.2, 0.25) is 5.91 Å². The van der Waals surface area contributed by atoms with Crippen molar-refractivity contribution >= 4 is 17.7 Å². The number of hydrogen-bond acceptors (Lipinski definition) is 4. The molecule has 0 saturated carbocycles. The Kier molecular flexibility index (Phi) is 6.19. The first-order valence-electron chi connectivity index (χ1n) is 8.84. The second-order valence-electron chi connectivity index (χ2n) is 6.70. The normalized spacial score (nSPS) is 22.1. The Labute approximate surface area is 148 Å². The third-order valence-electron chi connectivity index (χ3n) is 4.91. The molecular weight excluding hydrogens is 322 g/mol. The van der Waals surface area contributed by atoms with Crippen molar-refractivity contribution in [2.45, 2.75) is 44.3 Å². The van der Waals surface area contributed by atoms with Crippen molar-refractivity contribution in [3.63, 3.8) is 0 Å². The number of amides is 1. The van der Waals surface area contributed by atoms with Crippen LogP contribution in [0.5, 0.6) is 0 Å². The van der Waals surface area contributed by atoms with Crippen LogP contribution in [0.4, 0.5) is 0 Å². The van der Waals surface area contributed by atoms with E-state index in [4.69, 9.17) is 9.47 Å². The Bertz CT molecular complexity index is 572. The van der Waals surface area contributed by atoms with Crippen molar-refractivity contribution in [1.82, 2.24) is 4.90 Å². The number of rotatable bonds is 5. The van der Waals surface area contributed by atoms with Crippen LogP contribution in [-0.4, -0.2) is 49.2 Å². The molecule has 2 saturated heterocycles. The molecule has 0 aromatic heterocycles. The van der Waals surface area contributed by atoms with Crippen LogP contribution in [0, 0.1) is 19.8 Å². The van der Waals surface area contributed by atoms with E-state index in [-0.39, 0.29) is 12.2 Å². The van der Waals surface area contributed by atoms with Crippen LogP contribution in [0.25, 0.3) is 0 Å². The van der Waals surface area contributed by atoms with Gasteiger partial charge >= 0.3 is 0 Å². The molecule has 24 heavy (non-hydrogen) atoms. The van der Waals surface area contributed by atoms with Gasteiger partial charge in [-0.1, -0.05) is 6.07 Å². The number of carbonyl (C=O) groups excluding carboxylic acids is 1. The van der Waals surface area contributed by atoms with E-state index < -0.39 is 0 Å². The van der Waals surface area contributed by atoms with Gasteiger partial charge in [-0.15, -0.1) is 11.8 Å². The van der Waals surface area contributed by atoms with Gasteiger partial charge in [-0.05, 0) is 49.9 Å². The Balaban J connectivity index is 1.44. The minimum atomic E-state index is -0.106. The van der Waals surface area contributed by atoms with Gasteiger partial charge in [0.25, 0.3) is 0 Å². The van der Waals surface area contributed by atoms with Gasteiger partial charge in [0.05, 0.1) is 13.2 Å². The molecule has 0 radical (unpaired) electrons. The molecule has 1 amide bonds. The van der Waals surface area contributed by atoms with E-state index in [1.165, 1.54) is 16.0 Å². The molecule has 3 rings (SSSR count). The van der Waals surface area contributed by atoms with Crippen molar-refractivity contribution in [2.75, 3.05) is 32.1 Å². The molecule has 2 heterocycles. The Hall–Kier alpha value is -1.04. The van der Waals surface area contributed by atoms with Gasteiger partial charge in [0.15, 0.2) is 6.29 Å². The van der Waals surface area contributed by atoms with E-state index in [9.17, 15) is 4.79 Å². The molecule has 1 aromatic carbocycles. The maximum absolute atomic E-state index is 12.5. The number of aryl methyl sites for hydroxylation is 2. The van der Waals surface area contributed by atoms with Crippen molar-refractivity contribution in [2.24, 2.45) is 5.92 Å². The summed E-state index contributed by atoms with van der Waals surface area (Å²) in [5.74, 6) is 1.42. The molecule has 1 atom stereocenters. The number of carbonyl (C=O) groups is 1. The minimum absolute atomic E-state index is 0.106. The second-order valence-corrected chi connectivity index (χ2v) is 7.86. The summed E-state index contributed by atoms with van der Waals surface area (Å²) in [7, 11) is 0. The van der Waals surface area contributed by atoms with E-state index in [0.717, 1.165) is 31.7 Å². The van der Waals surface area contributed by atoms with Gasteiger partial charge < -0.3 is 14.4 Å². The molecule has 132 valence electrons. The smallest absolute Gasteiger partial charge is 0.223 e. The summed E-state index contributed by atoms with van der Waals surface area (Å²) in [6.45, 7) is 7.26. The Morgan fingerprint density at radius 3 is 2.79 bits per heavy atom. The zero-order valence-electron chi connectivity index (χ0n) is 14.6. The third kappa shape index (κ3) is 4.52. The lowest BCUT2D eigenvalue weighted by Crippen LogP contribution is -2.43. The lowest BCUT2D eigenvalue weighted by Gasteiger charge is -2.34. The molecule has 0 N–H and O–H groups in total. The fourth-order valence-corrected chi connectivity index (χ4v) is 4.26. The second kappa shape index (κ2) is 8.37. The molecule has 1 aromatic rings. The summed E-state index contributed by atoms with van der Waals surface area (Å²) in [6.07, 6.45) is 2.62. The molecule has 2 aliphatic heterocycles. The van der Waals surface area contributed by atoms with Crippen LogP contribution in [0.15, 0.2) is 23.1 Å². The number of likely N-dealkylation sites (tertiary alicyclic amines) is 1. The van der Waals surface area contributed by atoms with Crippen LogP contribution in [0.3, 0.4) is 0 Å². The quantitative estimate of drug-likeness (QED) is 0.764. The van der Waals surface area contributed by atoms with Gasteiger partial charge in [0, 0.05) is 36.1 Å². The highest BCUT2D eigenvalue weighted by Crippen LogP contribution is 2.26. The number of ether oxygens (including phenoxy) is 2. The first-order chi connectivity index (χ1) is 11.6. The number of nitrogens with zero attached hydrogens (tertiary/aromatic N) is 1. The number of piperidine rings is 1. The summed E-state index contributed by atoms with van der Waals surface area (Å²) in [4.78, 5) is 15.7. The molecule has 0 bridgehead atoms. The number of benzene rings is 1. The molecule has 5 heteroatoms. The standard InChI is InChI=1S/C19H27NO3S/c1-14-5-6-17(12-15(14)2)24-11-7-18(21)20-8-3-4-16(13-20)19-22-9-10-23-19/h5-6,12,16,19H,3-4,7-11,13H2,1-2H3. The first-order valence-corrected chi connectivity index (χ1v) is 9.83. The molecular formula is C19H27NO3S. The first kappa shape index (κ1) is 17.8. The predicted octanol–water partition coefficient (Wildman–Crippen LogP) is 3.40. The lowest BCUT2D eigenvalue weighted by atomic mass is 9.97. The summed E-state index contributed by atoms with van der Waals surface area (Å²) in [6, 6.07) is 6.50. The van der Waals surface area contributed by atoms with Crippen molar-refractivity contribution in [3.05, 3.63) is 29.3 Å². The van der Waals surface area contributed by atoms with Crippen LogP contribution < -0.4 is 0 Å². The van der Waals surface area contributed by atoms with E-state index in [1.807, 2.05) is 4.90 Å². The molecule has 2 fully saturated rings. The lowest BCUT2D eigenvalue weighted by molar-refractivity contribution is -0.138. The van der Waals surface area contributed by atoms with Crippen LogP contribution in [0.2, 0.25) is 0 Å². The average molecular weight is 349 g/mol. The summed E-state index contributed by atoms with van der Waals surface area (Å²) in [5, 5.41) is 0.